The van der Waals surface area contributed by atoms with Crippen LogP contribution in [0.2, 0.25) is 0 Å². The van der Waals surface area contributed by atoms with Crippen LogP contribution in [0, 0.1) is 0 Å². The number of nitrogens with one attached hydrogen (secondary N) is 2. The molecule has 1 heterocycles. The molecule has 0 radical (unpaired) electrons. The fraction of sp³-hybridized carbons (Fsp3) is 0.938. The van der Waals surface area contributed by atoms with Crippen molar-refractivity contribution >= 4 is 5.91 Å². The number of hydrogen-bond donors (Lipinski definition) is 2. The Hall–Kier alpha value is -0.650. The average molecular weight is 299 g/mol. The minimum atomic E-state index is -0.118. The molecule has 1 aliphatic rings. The van der Waals surface area contributed by atoms with E-state index in [-0.39, 0.29) is 17.6 Å². The zero-order valence-electron chi connectivity index (χ0n) is 14.2. The first kappa shape index (κ1) is 18.4. The van der Waals surface area contributed by atoms with Crippen molar-refractivity contribution in [2.24, 2.45) is 0 Å². The van der Waals surface area contributed by atoms with Gasteiger partial charge in [-0.05, 0) is 59.3 Å². The van der Waals surface area contributed by atoms with E-state index >= 15 is 0 Å². The summed E-state index contributed by atoms with van der Waals surface area (Å²) in [7, 11) is 0. The number of nitrogens with zero attached hydrogens (tertiary/aromatic N) is 1. The molecule has 1 rings (SSSR count). The Balaban J connectivity index is 2.09. The Kier molecular flexibility index (Phi) is 8.22. The van der Waals surface area contributed by atoms with Gasteiger partial charge in [-0.15, -0.1) is 0 Å². The molecule has 1 aliphatic heterocycles. The first-order valence-corrected chi connectivity index (χ1v) is 8.33. The number of hydrogen-bond acceptors (Lipinski definition) is 4. The molecule has 5 nitrogen and oxygen atoms in total. The van der Waals surface area contributed by atoms with Gasteiger partial charge in [0.1, 0.15) is 0 Å². The molecule has 0 spiro atoms. The molecule has 5 heteroatoms. The Labute approximate surface area is 129 Å². The van der Waals surface area contributed by atoms with Crippen LogP contribution in [0.25, 0.3) is 0 Å². The van der Waals surface area contributed by atoms with E-state index in [1.807, 2.05) is 0 Å². The van der Waals surface area contributed by atoms with Gasteiger partial charge in [-0.2, -0.15) is 0 Å². The second-order valence-electron chi connectivity index (χ2n) is 6.42. The zero-order chi connectivity index (χ0) is 15.7. The van der Waals surface area contributed by atoms with Gasteiger partial charge in [-0.25, -0.2) is 0 Å². The zero-order valence-corrected chi connectivity index (χ0v) is 14.2. The highest BCUT2D eigenvalue weighted by molar-refractivity contribution is 5.78. The summed E-state index contributed by atoms with van der Waals surface area (Å²) in [5.74, 6) is 0.0977. The van der Waals surface area contributed by atoms with E-state index in [1.165, 1.54) is 0 Å². The summed E-state index contributed by atoms with van der Waals surface area (Å²) in [5, 5.41) is 6.33. The fourth-order valence-corrected chi connectivity index (χ4v) is 2.80. The molecule has 21 heavy (non-hydrogen) atoms. The van der Waals surface area contributed by atoms with Gasteiger partial charge < -0.3 is 20.3 Å². The van der Waals surface area contributed by atoms with Crippen molar-refractivity contribution in [3.63, 3.8) is 0 Å². The molecule has 0 aromatic heterocycles. The third-order valence-electron chi connectivity index (χ3n) is 4.07. The second kappa shape index (κ2) is 9.38. The summed E-state index contributed by atoms with van der Waals surface area (Å²) in [4.78, 5) is 14.3. The van der Waals surface area contributed by atoms with Crippen molar-refractivity contribution in [2.45, 2.75) is 58.6 Å². The maximum absolute atomic E-state index is 11.9. The minimum absolute atomic E-state index is 0.0977. The van der Waals surface area contributed by atoms with Gasteiger partial charge in [-0.3, -0.25) is 4.79 Å². The Morgan fingerprint density at radius 3 is 2.67 bits per heavy atom. The van der Waals surface area contributed by atoms with Crippen molar-refractivity contribution in [3.8, 4) is 0 Å². The van der Waals surface area contributed by atoms with Crippen molar-refractivity contribution in [2.75, 3.05) is 39.3 Å². The number of amides is 1. The number of rotatable bonds is 9. The lowest BCUT2D eigenvalue weighted by molar-refractivity contribution is -0.123. The van der Waals surface area contributed by atoms with E-state index in [4.69, 9.17) is 4.74 Å². The summed E-state index contributed by atoms with van der Waals surface area (Å²) in [6, 6.07) is 0.249. The molecule has 0 aromatic carbocycles. The smallest absolute Gasteiger partial charge is 0.234 e. The quantitative estimate of drug-likeness (QED) is 0.632. The normalized spacial score (nSPS) is 21.5. The van der Waals surface area contributed by atoms with E-state index in [0.29, 0.717) is 6.54 Å². The van der Waals surface area contributed by atoms with Gasteiger partial charge >= 0.3 is 0 Å². The number of carbonyl (C=O) groups excluding carboxylic acids is 1. The van der Waals surface area contributed by atoms with Gasteiger partial charge in [0, 0.05) is 12.6 Å². The van der Waals surface area contributed by atoms with E-state index < -0.39 is 0 Å². The molecule has 0 aromatic rings. The maximum atomic E-state index is 11.9. The molecule has 124 valence electrons. The van der Waals surface area contributed by atoms with E-state index in [0.717, 1.165) is 52.0 Å². The predicted octanol–water partition coefficient (Wildman–Crippen LogP) is 1.38. The van der Waals surface area contributed by atoms with Gasteiger partial charge in [0.2, 0.25) is 5.91 Å². The highest BCUT2D eigenvalue weighted by Crippen LogP contribution is 2.23. The highest BCUT2D eigenvalue weighted by Gasteiger charge is 2.29. The van der Waals surface area contributed by atoms with Gasteiger partial charge in [0.05, 0.1) is 12.1 Å². The van der Waals surface area contributed by atoms with Crippen LogP contribution in [-0.4, -0.2) is 61.8 Å². The lowest BCUT2D eigenvalue weighted by atomic mass is 9.94. The first-order chi connectivity index (χ1) is 9.96. The molecule has 2 N–H and O–H groups in total. The monoisotopic (exact) mass is 299 g/mol. The molecule has 0 bridgehead atoms. The fourth-order valence-electron chi connectivity index (χ4n) is 2.80. The first-order valence-electron chi connectivity index (χ1n) is 8.33. The van der Waals surface area contributed by atoms with Crippen LogP contribution < -0.4 is 10.6 Å². The third kappa shape index (κ3) is 7.79. The summed E-state index contributed by atoms with van der Waals surface area (Å²) in [5.41, 5.74) is -0.118. The molecule has 0 aliphatic carbocycles. The maximum Gasteiger partial charge on any atom is 0.234 e. The molecule has 1 fully saturated rings. The van der Waals surface area contributed by atoms with E-state index in [2.05, 4.69) is 43.2 Å². The highest BCUT2D eigenvalue weighted by atomic mass is 16.5. The summed E-state index contributed by atoms with van der Waals surface area (Å²) >= 11 is 0. The molecule has 1 amide bonds. The minimum Gasteiger partial charge on any atom is -0.375 e. The average Bonchev–Trinajstić information content (AvgIpc) is 2.41. The van der Waals surface area contributed by atoms with Crippen molar-refractivity contribution < 1.29 is 9.53 Å². The van der Waals surface area contributed by atoms with E-state index in [1.54, 1.807) is 0 Å². The topological polar surface area (TPSA) is 53.6 Å². The second-order valence-corrected chi connectivity index (χ2v) is 6.42. The Bertz CT molecular complexity index is 304. The predicted molar refractivity (Wildman–Crippen MR) is 86.5 cm³/mol. The van der Waals surface area contributed by atoms with Crippen molar-refractivity contribution in [1.82, 2.24) is 15.5 Å². The Morgan fingerprint density at radius 2 is 2.05 bits per heavy atom. The summed E-state index contributed by atoms with van der Waals surface area (Å²) in [6.45, 7) is 13.8. The molecule has 1 saturated heterocycles. The number of ether oxygens (including phenoxy) is 1. The van der Waals surface area contributed by atoms with Crippen LogP contribution in [0.15, 0.2) is 0 Å². The standard InChI is InChI=1S/C16H33N3O2/c1-5-19(6-2)10-7-9-17-13-15(20)18-14-8-11-21-16(3,4)12-14/h14,17H,5-13H2,1-4H3,(H,18,20)/t14-/m1/s1. The third-order valence-corrected chi connectivity index (χ3v) is 4.07. The van der Waals surface area contributed by atoms with Crippen LogP contribution in [0.1, 0.15) is 47.0 Å². The SMILES string of the molecule is CCN(CC)CCCNCC(=O)N[C@@H]1CCOC(C)(C)C1. The van der Waals surface area contributed by atoms with E-state index in [9.17, 15) is 4.79 Å². The van der Waals surface area contributed by atoms with Crippen LogP contribution in [0.4, 0.5) is 0 Å². The Morgan fingerprint density at radius 1 is 1.33 bits per heavy atom. The number of carbonyl (C=O) groups is 1. The lowest BCUT2D eigenvalue weighted by Crippen LogP contribution is -2.48. The molecular formula is C16H33N3O2. The largest absolute Gasteiger partial charge is 0.375 e. The van der Waals surface area contributed by atoms with Gasteiger partial charge in [-0.1, -0.05) is 13.8 Å². The van der Waals surface area contributed by atoms with Gasteiger partial charge in [0.25, 0.3) is 0 Å². The van der Waals surface area contributed by atoms with Gasteiger partial charge in [0.15, 0.2) is 0 Å². The summed E-state index contributed by atoms with van der Waals surface area (Å²) in [6.07, 6.45) is 2.89. The molecular weight excluding hydrogens is 266 g/mol. The van der Waals surface area contributed by atoms with Crippen LogP contribution in [0.5, 0.6) is 0 Å². The van der Waals surface area contributed by atoms with Crippen LogP contribution in [-0.2, 0) is 9.53 Å². The van der Waals surface area contributed by atoms with Crippen LogP contribution in [0.3, 0.4) is 0 Å². The van der Waals surface area contributed by atoms with Crippen molar-refractivity contribution in [3.05, 3.63) is 0 Å². The molecule has 1 atom stereocenters. The molecule has 0 unspecified atom stereocenters. The van der Waals surface area contributed by atoms with Crippen LogP contribution >= 0.6 is 0 Å². The molecule has 0 saturated carbocycles. The summed E-state index contributed by atoms with van der Waals surface area (Å²) < 4.78 is 5.66. The van der Waals surface area contributed by atoms with Crippen molar-refractivity contribution in [1.29, 1.82) is 0 Å². The lowest BCUT2D eigenvalue weighted by Gasteiger charge is -2.35.